The van der Waals surface area contributed by atoms with Gasteiger partial charge in [-0.15, -0.1) is 0 Å². The van der Waals surface area contributed by atoms with Crippen molar-refractivity contribution in [2.75, 3.05) is 0 Å². The summed E-state index contributed by atoms with van der Waals surface area (Å²) in [6.07, 6.45) is 4.17. The van der Waals surface area contributed by atoms with Gasteiger partial charge >= 0.3 is 0 Å². The quantitative estimate of drug-likeness (QED) is 0.379. The summed E-state index contributed by atoms with van der Waals surface area (Å²) in [5, 5.41) is 0. The molecule has 0 unspecified atom stereocenters. The van der Waals surface area contributed by atoms with Gasteiger partial charge in [-0.3, -0.25) is 0 Å². The van der Waals surface area contributed by atoms with Crippen LogP contribution < -0.4 is 0 Å². The van der Waals surface area contributed by atoms with E-state index in [4.69, 9.17) is 0 Å². The molecule has 1 aliphatic rings. The highest BCUT2D eigenvalue weighted by molar-refractivity contribution is 4.69. The van der Waals surface area contributed by atoms with Crippen LogP contribution in [0.4, 0.5) is 0 Å². The lowest BCUT2D eigenvalue weighted by Crippen LogP contribution is -2.04. The summed E-state index contributed by atoms with van der Waals surface area (Å²) in [6.45, 7) is 3.84. The van der Waals surface area contributed by atoms with E-state index in [0.29, 0.717) is 0 Å². The molecule has 0 saturated heterocycles. The van der Waals surface area contributed by atoms with Gasteiger partial charge in [0.15, 0.2) is 0 Å². The molecule has 28 valence electrons. The Labute approximate surface area is 33.2 Å². The van der Waals surface area contributed by atoms with E-state index in [2.05, 4.69) is 6.92 Å². The third-order valence-electron chi connectivity index (χ3n) is 1.22. The summed E-state index contributed by atoms with van der Waals surface area (Å²) in [4.78, 5) is 0. The first-order valence-corrected chi connectivity index (χ1v) is 2.22. The molecule has 1 saturated carbocycles. The van der Waals surface area contributed by atoms with E-state index in [1.807, 2.05) is 0 Å². The van der Waals surface area contributed by atoms with Crippen molar-refractivity contribution in [1.82, 2.24) is 0 Å². The molecule has 0 heteroatoms. The van der Waals surface area contributed by atoms with Crippen LogP contribution in [0.2, 0.25) is 0 Å². The van der Waals surface area contributed by atoms with E-state index in [1.165, 1.54) is 19.3 Å². The Balaban J connectivity index is 2.08. The van der Waals surface area contributed by atoms with Crippen molar-refractivity contribution in [3.8, 4) is 0 Å². The van der Waals surface area contributed by atoms with Crippen molar-refractivity contribution >= 4 is 0 Å². The average molecular weight is 69.1 g/mol. The number of hydrogen-bond donors (Lipinski definition) is 0. The van der Waals surface area contributed by atoms with Crippen LogP contribution in [0.1, 0.15) is 19.3 Å². The zero-order valence-electron chi connectivity index (χ0n) is 3.41. The van der Waals surface area contributed by atoms with Gasteiger partial charge in [-0.1, -0.05) is 0 Å². The van der Waals surface area contributed by atoms with Crippen LogP contribution in [-0.4, -0.2) is 0 Å². The molecule has 0 radical (unpaired) electrons. The molecule has 1 rings (SSSR count). The van der Waals surface area contributed by atoms with Gasteiger partial charge in [-0.05, 0) is 19.3 Å². The van der Waals surface area contributed by atoms with Crippen LogP contribution in [0.25, 0.3) is 0 Å². The van der Waals surface area contributed by atoms with E-state index in [1.54, 1.807) is 0 Å². The second-order valence-corrected chi connectivity index (χ2v) is 1.80. The molecule has 0 spiro atoms. The van der Waals surface area contributed by atoms with Crippen LogP contribution in [-0.2, 0) is 0 Å². The fourth-order valence-electron chi connectivity index (χ4n) is 0.493. The SMILES string of the molecule is [CH2+]C1CCC1. The summed E-state index contributed by atoms with van der Waals surface area (Å²) in [7, 11) is 0. The average Bonchev–Trinajstić information content (AvgIpc) is 1.30. The maximum atomic E-state index is 3.84. The fourth-order valence-corrected chi connectivity index (χ4v) is 0.493. The molecule has 0 aromatic carbocycles. The van der Waals surface area contributed by atoms with Crippen molar-refractivity contribution < 1.29 is 0 Å². The minimum Gasteiger partial charge on any atom is -0.0446 e. The molecule has 5 heavy (non-hydrogen) atoms. The Hall–Kier alpha value is -0.130. The maximum absolute atomic E-state index is 3.84. The van der Waals surface area contributed by atoms with E-state index in [9.17, 15) is 0 Å². The fraction of sp³-hybridized carbons (Fsp3) is 0.800. The van der Waals surface area contributed by atoms with Crippen molar-refractivity contribution in [2.45, 2.75) is 19.3 Å². The minimum absolute atomic E-state index is 0.815. The van der Waals surface area contributed by atoms with Crippen LogP contribution in [0, 0.1) is 12.8 Å². The first-order chi connectivity index (χ1) is 2.39. The molecule has 0 nitrogen and oxygen atoms in total. The lowest BCUT2D eigenvalue weighted by Gasteiger charge is -2.11. The van der Waals surface area contributed by atoms with Gasteiger partial charge < -0.3 is 0 Å². The minimum atomic E-state index is 0.815. The monoisotopic (exact) mass is 69.1 g/mol. The van der Waals surface area contributed by atoms with Gasteiger partial charge in [-0.2, -0.15) is 0 Å². The Morgan fingerprint density at radius 2 is 1.80 bits per heavy atom. The molecule has 0 amide bonds. The predicted octanol–water partition coefficient (Wildman–Crippen LogP) is 1.62. The topological polar surface area (TPSA) is 0 Å². The number of hydrogen-bond acceptors (Lipinski definition) is 0. The second kappa shape index (κ2) is 0.925. The molecular weight excluding hydrogens is 60.1 g/mol. The second-order valence-electron chi connectivity index (χ2n) is 1.80. The van der Waals surface area contributed by atoms with E-state index in [0.717, 1.165) is 5.92 Å². The van der Waals surface area contributed by atoms with Crippen molar-refractivity contribution in [3.63, 3.8) is 0 Å². The van der Waals surface area contributed by atoms with Crippen LogP contribution in [0.15, 0.2) is 0 Å². The molecule has 0 bridgehead atoms. The zero-order chi connectivity index (χ0) is 3.70. The van der Waals surface area contributed by atoms with E-state index >= 15 is 0 Å². The first kappa shape index (κ1) is 3.08. The Morgan fingerprint density at radius 3 is 1.80 bits per heavy atom. The lowest BCUT2D eigenvalue weighted by molar-refractivity contribution is 0.384. The van der Waals surface area contributed by atoms with Crippen LogP contribution in [0.5, 0.6) is 0 Å². The van der Waals surface area contributed by atoms with Gasteiger partial charge in [0.1, 0.15) is 0 Å². The highest BCUT2D eigenvalue weighted by Crippen LogP contribution is 2.23. The lowest BCUT2D eigenvalue weighted by atomic mass is 9.88. The normalized spacial score (nSPS) is 25.6. The van der Waals surface area contributed by atoms with Crippen molar-refractivity contribution in [1.29, 1.82) is 0 Å². The van der Waals surface area contributed by atoms with E-state index in [-0.39, 0.29) is 0 Å². The third-order valence-corrected chi connectivity index (χ3v) is 1.22. The van der Waals surface area contributed by atoms with Crippen LogP contribution >= 0.6 is 0 Å². The van der Waals surface area contributed by atoms with Gasteiger partial charge in [0.25, 0.3) is 0 Å². The molecule has 0 heterocycles. The Bertz CT molecular complexity index is 27.0. The van der Waals surface area contributed by atoms with Gasteiger partial charge in [0.2, 0.25) is 0 Å². The molecule has 1 fully saturated rings. The first-order valence-electron chi connectivity index (χ1n) is 2.22. The summed E-state index contributed by atoms with van der Waals surface area (Å²) < 4.78 is 0. The molecule has 0 N–H and O–H groups in total. The molecule has 0 atom stereocenters. The largest absolute Gasteiger partial charge is 0.0953 e. The summed E-state index contributed by atoms with van der Waals surface area (Å²) in [6, 6.07) is 0. The summed E-state index contributed by atoms with van der Waals surface area (Å²) in [5.74, 6) is 0.815. The van der Waals surface area contributed by atoms with Gasteiger partial charge in [-0.25, -0.2) is 0 Å². The highest BCUT2D eigenvalue weighted by atomic mass is 14.1. The van der Waals surface area contributed by atoms with Gasteiger partial charge in [0, 0.05) is 0 Å². The Kier molecular flexibility index (Phi) is 0.569. The van der Waals surface area contributed by atoms with Crippen molar-refractivity contribution in [3.05, 3.63) is 6.92 Å². The molecule has 0 aromatic rings. The molecule has 0 aromatic heterocycles. The molecule has 0 aliphatic heterocycles. The molecular formula is C5H9+. The zero-order valence-corrected chi connectivity index (χ0v) is 3.41. The van der Waals surface area contributed by atoms with Gasteiger partial charge in [0.05, 0.1) is 12.8 Å². The summed E-state index contributed by atoms with van der Waals surface area (Å²) >= 11 is 0. The smallest absolute Gasteiger partial charge is 0.0446 e. The van der Waals surface area contributed by atoms with Crippen molar-refractivity contribution in [2.24, 2.45) is 5.92 Å². The standard InChI is InChI=1S/C5H9/c1-5-3-2-4-5/h5H,1-4H2/q+1. The molecule has 1 aliphatic carbocycles. The maximum Gasteiger partial charge on any atom is 0.0953 e. The Morgan fingerprint density at radius 1 is 1.40 bits per heavy atom. The number of rotatable bonds is 0. The highest BCUT2D eigenvalue weighted by Gasteiger charge is 2.16. The summed E-state index contributed by atoms with van der Waals surface area (Å²) in [5.41, 5.74) is 0. The van der Waals surface area contributed by atoms with E-state index < -0.39 is 0 Å². The van der Waals surface area contributed by atoms with Crippen LogP contribution in [0.3, 0.4) is 0 Å². The third kappa shape index (κ3) is 0.393. The predicted molar refractivity (Wildman–Crippen MR) is 22.7 cm³/mol.